The molecule has 0 spiro atoms. The van der Waals surface area contributed by atoms with Crippen molar-refractivity contribution in [2.24, 2.45) is 0 Å². The molecule has 0 saturated carbocycles. The number of anilines is 1. The van der Waals surface area contributed by atoms with Gasteiger partial charge in [0, 0.05) is 11.8 Å². The summed E-state index contributed by atoms with van der Waals surface area (Å²) >= 11 is 5.16. The van der Waals surface area contributed by atoms with Gasteiger partial charge in [0.05, 0.1) is 12.8 Å². The number of nitrogens with one attached hydrogen (secondary N) is 2. The minimum Gasteiger partial charge on any atom is -0.486 e. The largest absolute Gasteiger partial charge is 0.486 e. The molecule has 7 heteroatoms. The Morgan fingerprint density at radius 3 is 2.77 bits per heavy atom. The van der Waals surface area contributed by atoms with Gasteiger partial charge in [0.1, 0.15) is 13.2 Å². The lowest BCUT2D eigenvalue weighted by Crippen LogP contribution is -2.33. The lowest BCUT2D eigenvalue weighted by molar-refractivity contribution is 0.0970. The number of carbonyl (C=O) groups is 1. The molecular weight excluding hydrogens is 304 g/mol. The fraction of sp³-hybridized carbons (Fsp3) is 0.200. The van der Waals surface area contributed by atoms with Gasteiger partial charge in [-0.2, -0.15) is 0 Å². The average Bonchev–Trinajstić information content (AvgIpc) is 3.07. The number of furan rings is 1. The van der Waals surface area contributed by atoms with Gasteiger partial charge in [-0.25, -0.2) is 0 Å². The summed E-state index contributed by atoms with van der Waals surface area (Å²) in [7, 11) is 0. The number of fused-ring (bicyclic) bond motifs is 1. The van der Waals surface area contributed by atoms with E-state index in [1.165, 1.54) is 6.26 Å². The molecule has 2 aromatic rings. The summed E-state index contributed by atoms with van der Waals surface area (Å²) in [5, 5.41) is 6.18. The van der Waals surface area contributed by atoms with Gasteiger partial charge >= 0.3 is 0 Å². The molecule has 0 saturated heterocycles. The van der Waals surface area contributed by atoms with E-state index in [1.807, 2.05) is 12.1 Å². The van der Waals surface area contributed by atoms with Crippen LogP contribution in [0.2, 0.25) is 0 Å². The van der Waals surface area contributed by atoms with Crippen LogP contribution in [0.5, 0.6) is 11.5 Å². The van der Waals surface area contributed by atoms with E-state index in [0.717, 1.165) is 5.69 Å². The summed E-state index contributed by atoms with van der Waals surface area (Å²) < 4.78 is 16.0. The zero-order chi connectivity index (χ0) is 15.4. The molecule has 22 heavy (non-hydrogen) atoms. The second kappa shape index (κ2) is 6.48. The Labute approximate surface area is 132 Å². The van der Waals surface area contributed by atoms with E-state index in [2.05, 4.69) is 10.6 Å². The first-order valence-corrected chi connectivity index (χ1v) is 7.14. The number of hydrogen-bond donors (Lipinski definition) is 2. The molecule has 0 radical (unpaired) electrons. The first kappa shape index (κ1) is 14.4. The maximum Gasteiger partial charge on any atom is 0.217 e. The molecule has 0 fully saturated rings. The van der Waals surface area contributed by atoms with Crippen molar-refractivity contribution in [2.75, 3.05) is 25.1 Å². The number of hydrogen-bond acceptors (Lipinski definition) is 5. The Kier molecular flexibility index (Phi) is 4.24. The van der Waals surface area contributed by atoms with Crippen molar-refractivity contribution in [1.82, 2.24) is 5.32 Å². The van der Waals surface area contributed by atoms with Crippen molar-refractivity contribution in [1.29, 1.82) is 0 Å². The Balaban J connectivity index is 1.54. The Morgan fingerprint density at radius 2 is 2.00 bits per heavy atom. The summed E-state index contributed by atoms with van der Waals surface area (Å²) in [6.45, 7) is 1.13. The van der Waals surface area contributed by atoms with Crippen molar-refractivity contribution in [3.8, 4) is 11.5 Å². The average molecular weight is 318 g/mol. The van der Waals surface area contributed by atoms with E-state index in [1.54, 1.807) is 18.2 Å². The molecule has 2 heterocycles. The number of ketones is 1. The van der Waals surface area contributed by atoms with Crippen LogP contribution in [-0.4, -0.2) is 30.7 Å². The van der Waals surface area contributed by atoms with Crippen molar-refractivity contribution in [3.05, 3.63) is 42.4 Å². The molecule has 0 amide bonds. The van der Waals surface area contributed by atoms with Gasteiger partial charge in [0.2, 0.25) is 5.78 Å². The zero-order valence-corrected chi connectivity index (χ0v) is 12.4. The van der Waals surface area contributed by atoms with Crippen molar-refractivity contribution < 1.29 is 18.7 Å². The second-order valence-electron chi connectivity index (χ2n) is 4.57. The molecule has 0 unspecified atom stereocenters. The van der Waals surface area contributed by atoms with Gasteiger partial charge in [0.25, 0.3) is 0 Å². The number of Topliss-reactive ketones (excluding diaryl/α,β-unsaturated/α-hetero) is 1. The van der Waals surface area contributed by atoms with Gasteiger partial charge in [-0.05, 0) is 36.5 Å². The molecule has 1 aliphatic rings. The Hall–Kier alpha value is -2.54. The standard InChI is InChI=1S/C15H14N2O4S/c18-11(12-2-1-5-19-12)9-16-15(22)17-10-3-4-13-14(8-10)21-7-6-20-13/h1-5,8H,6-7,9H2,(H2,16,17,22). The highest BCUT2D eigenvalue weighted by atomic mass is 32.1. The van der Waals surface area contributed by atoms with E-state index in [0.29, 0.717) is 35.6 Å². The molecular formula is C15H14N2O4S. The predicted molar refractivity (Wildman–Crippen MR) is 84.7 cm³/mol. The van der Waals surface area contributed by atoms with Crippen molar-refractivity contribution in [3.63, 3.8) is 0 Å². The quantitative estimate of drug-likeness (QED) is 0.661. The normalized spacial score (nSPS) is 12.5. The smallest absolute Gasteiger partial charge is 0.217 e. The van der Waals surface area contributed by atoms with Crippen LogP contribution in [0.1, 0.15) is 10.6 Å². The van der Waals surface area contributed by atoms with Gasteiger partial charge in [-0.15, -0.1) is 0 Å². The summed E-state index contributed by atoms with van der Waals surface area (Å²) in [5.74, 6) is 1.51. The third-order valence-corrected chi connectivity index (χ3v) is 3.25. The maximum atomic E-state index is 11.8. The van der Waals surface area contributed by atoms with Crippen LogP contribution in [-0.2, 0) is 0 Å². The van der Waals surface area contributed by atoms with Crippen molar-refractivity contribution >= 4 is 28.8 Å². The second-order valence-corrected chi connectivity index (χ2v) is 4.97. The molecule has 0 bridgehead atoms. The first-order valence-electron chi connectivity index (χ1n) is 6.73. The van der Waals surface area contributed by atoms with Gasteiger partial charge < -0.3 is 24.5 Å². The number of carbonyl (C=O) groups excluding carboxylic acids is 1. The summed E-state index contributed by atoms with van der Waals surface area (Å²) in [6.07, 6.45) is 1.46. The molecule has 1 aromatic heterocycles. The number of benzene rings is 1. The third-order valence-electron chi connectivity index (χ3n) is 3.01. The van der Waals surface area contributed by atoms with Crippen molar-refractivity contribution in [2.45, 2.75) is 0 Å². The number of thiocarbonyl (C=S) groups is 1. The SMILES string of the molecule is O=C(CNC(=S)Nc1ccc2c(c1)OCCO2)c1ccco1. The van der Waals surface area contributed by atoms with Gasteiger partial charge in [-0.3, -0.25) is 4.79 Å². The van der Waals surface area contributed by atoms with Crippen LogP contribution in [0.4, 0.5) is 5.69 Å². The van der Waals surface area contributed by atoms with Crippen LogP contribution in [0.25, 0.3) is 0 Å². The van der Waals surface area contributed by atoms with E-state index < -0.39 is 0 Å². The fourth-order valence-corrected chi connectivity index (χ4v) is 2.17. The highest BCUT2D eigenvalue weighted by molar-refractivity contribution is 7.80. The minimum atomic E-state index is -0.170. The Bertz CT molecular complexity index is 685. The molecule has 3 rings (SSSR count). The minimum absolute atomic E-state index is 0.0594. The van der Waals surface area contributed by atoms with Crippen LogP contribution in [0.3, 0.4) is 0 Å². The lowest BCUT2D eigenvalue weighted by atomic mass is 10.2. The number of rotatable bonds is 4. The summed E-state index contributed by atoms with van der Waals surface area (Å²) in [5.41, 5.74) is 0.757. The lowest BCUT2D eigenvalue weighted by Gasteiger charge is -2.19. The summed E-state index contributed by atoms with van der Waals surface area (Å²) in [6, 6.07) is 8.72. The monoisotopic (exact) mass is 318 g/mol. The predicted octanol–water partition coefficient (Wildman–Crippen LogP) is 2.22. The van der Waals surface area contributed by atoms with Crippen LogP contribution in [0.15, 0.2) is 41.0 Å². The van der Waals surface area contributed by atoms with Gasteiger partial charge in [0.15, 0.2) is 22.4 Å². The topological polar surface area (TPSA) is 72.7 Å². The van der Waals surface area contributed by atoms with Crippen LogP contribution in [0, 0.1) is 0 Å². The molecule has 0 aliphatic carbocycles. The van der Waals surface area contributed by atoms with E-state index >= 15 is 0 Å². The number of ether oxygens (including phenoxy) is 2. The van der Waals surface area contributed by atoms with Crippen LogP contribution < -0.4 is 20.1 Å². The van der Waals surface area contributed by atoms with Crippen LogP contribution >= 0.6 is 12.2 Å². The van der Waals surface area contributed by atoms with E-state index in [-0.39, 0.29) is 12.3 Å². The fourth-order valence-electron chi connectivity index (χ4n) is 1.98. The molecule has 2 N–H and O–H groups in total. The maximum absolute atomic E-state index is 11.8. The highest BCUT2D eigenvalue weighted by Gasteiger charge is 2.13. The van der Waals surface area contributed by atoms with E-state index in [4.69, 9.17) is 26.1 Å². The molecule has 6 nitrogen and oxygen atoms in total. The molecule has 114 valence electrons. The molecule has 0 atom stereocenters. The molecule has 1 aromatic carbocycles. The van der Waals surface area contributed by atoms with E-state index in [9.17, 15) is 4.79 Å². The highest BCUT2D eigenvalue weighted by Crippen LogP contribution is 2.32. The van der Waals surface area contributed by atoms with Gasteiger partial charge in [-0.1, -0.05) is 0 Å². The summed E-state index contributed by atoms with van der Waals surface area (Å²) in [4.78, 5) is 11.8. The zero-order valence-electron chi connectivity index (χ0n) is 11.6. The first-order chi connectivity index (χ1) is 10.7. The molecule has 1 aliphatic heterocycles. The Morgan fingerprint density at radius 1 is 1.18 bits per heavy atom. The third kappa shape index (κ3) is 3.37.